The van der Waals surface area contributed by atoms with Crippen molar-refractivity contribution in [1.29, 1.82) is 0 Å². The van der Waals surface area contributed by atoms with Crippen LogP contribution in [0.15, 0.2) is 42.5 Å². The second-order valence-electron chi connectivity index (χ2n) is 5.56. The lowest BCUT2D eigenvalue weighted by Crippen LogP contribution is -2.20. The predicted molar refractivity (Wildman–Crippen MR) is 88.2 cm³/mol. The molecule has 0 bridgehead atoms. The SMILES string of the molecule is CNCCc1ccccc1CN(C)Cc1cccc(C)n1. The Morgan fingerprint density at radius 1 is 1.00 bits per heavy atom. The first-order chi connectivity index (χ1) is 10.2. The van der Waals surface area contributed by atoms with Gasteiger partial charge in [-0.05, 0) is 57.2 Å². The standard InChI is InChI=1S/C18H25N3/c1-15-7-6-10-18(20-15)14-21(3)13-17-9-5-4-8-16(17)11-12-19-2/h4-10,19H,11-14H2,1-3H3. The minimum atomic E-state index is 0.877. The van der Waals surface area contributed by atoms with Crippen LogP contribution in [0, 0.1) is 6.92 Å². The quantitative estimate of drug-likeness (QED) is 0.847. The van der Waals surface area contributed by atoms with Gasteiger partial charge in [0.05, 0.1) is 5.69 Å². The third kappa shape index (κ3) is 4.96. The van der Waals surface area contributed by atoms with Crippen LogP contribution in [0.5, 0.6) is 0 Å². The fraction of sp³-hybridized carbons (Fsp3) is 0.389. The first kappa shape index (κ1) is 15.7. The Morgan fingerprint density at radius 3 is 2.48 bits per heavy atom. The van der Waals surface area contributed by atoms with Crippen molar-refractivity contribution in [1.82, 2.24) is 15.2 Å². The van der Waals surface area contributed by atoms with Gasteiger partial charge < -0.3 is 5.32 Å². The maximum atomic E-state index is 4.58. The number of aryl methyl sites for hydroxylation is 1. The number of hydrogen-bond acceptors (Lipinski definition) is 3. The zero-order chi connectivity index (χ0) is 15.1. The van der Waals surface area contributed by atoms with Crippen molar-refractivity contribution in [3.8, 4) is 0 Å². The molecule has 1 heterocycles. The van der Waals surface area contributed by atoms with Crippen LogP contribution in [0.2, 0.25) is 0 Å². The summed E-state index contributed by atoms with van der Waals surface area (Å²) >= 11 is 0. The highest BCUT2D eigenvalue weighted by atomic mass is 15.1. The smallest absolute Gasteiger partial charge is 0.0547 e. The molecule has 0 saturated heterocycles. The highest BCUT2D eigenvalue weighted by molar-refractivity contribution is 5.27. The van der Waals surface area contributed by atoms with Crippen molar-refractivity contribution in [2.75, 3.05) is 20.6 Å². The van der Waals surface area contributed by atoms with Gasteiger partial charge in [-0.2, -0.15) is 0 Å². The van der Waals surface area contributed by atoms with Crippen LogP contribution in [0.1, 0.15) is 22.5 Å². The second kappa shape index (κ2) is 7.91. The maximum absolute atomic E-state index is 4.58. The number of rotatable bonds is 7. The largest absolute Gasteiger partial charge is 0.319 e. The Morgan fingerprint density at radius 2 is 1.76 bits per heavy atom. The zero-order valence-electron chi connectivity index (χ0n) is 13.3. The lowest BCUT2D eigenvalue weighted by atomic mass is 10.0. The van der Waals surface area contributed by atoms with E-state index in [0.29, 0.717) is 0 Å². The van der Waals surface area contributed by atoms with Gasteiger partial charge in [0.1, 0.15) is 0 Å². The summed E-state index contributed by atoms with van der Waals surface area (Å²) in [6, 6.07) is 14.9. The summed E-state index contributed by atoms with van der Waals surface area (Å²) < 4.78 is 0. The number of pyridine rings is 1. The minimum absolute atomic E-state index is 0.877. The first-order valence-corrected chi connectivity index (χ1v) is 7.51. The van der Waals surface area contributed by atoms with Crippen molar-refractivity contribution in [3.05, 3.63) is 65.0 Å². The van der Waals surface area contributed by atoms with Crippen molar-refractivity contribution >= 4 is 0 Å². The van der Waals surface area contributed by atoms with Gasteiger partial charge in [-0.25, -0.2) is 0 Å². The molecule has 0 amide bonds. The average Bonchev–Trinajstić information content (AvgIpc) is 2.46. The van der Waals surface area contributed by atoms with Crippen LogP contribution in [-0.4, -0.2) is 30.5 Å². The van der Waals surface area contributed by atoms with E-state index < -0.39 is 0 Å². The van der Waals surface area contributed by atoms with E-state index in [2.05, 4.69) is 58.6 Å². The molecule has 0 aliphatic heterocycles. The number of aromatic nitrogens is 1. The summed E-state index contributed by atoms with van der Waals surface area (Å²) in [4.78, 5) is 6.89. The molecule has 0 unspecified atom stereocenters. The molecule has 1 aromatic carbocycles. The summed E-state index contributed by atoms with van der Waals surface area (Å²) in [6.07, 6.45) is 1.07. The van der Waals surface area contributed by atoms with Crippen molar-refractivity contribution in [2.24, 2.45) is 0 Å². The molecule has 0 saturated carbocycles. The van der Waals surface area contributed by atoms with Crippen LogP contribution in [0.25, 0.3) is 0 Å². The molecule has 0 radical (unpaired) electrons. The van der Waals surface area contributed by atoms with Gasteiger partial charge in [0.2, 0.25) is 0 Å². The van der Waals surface area contributed by atoms with E-state index in [1.54, 1.807) is 0 Å². The second-order valence-corrected chi connectivity index (χ2v) is 5.56. The van der Waals surface area contributed by atoms with Gasteiger partial charge in [-0.3, -0.25) is 9.88 Å². The number of benzene rings is 1. The first-order valence-electron chi connectivity index (χ1n) is 7.51. The van der Waals surface area contributed by atoms with Gasteiger partial charge in [-0.1, -0.05) is 30.3 Å². The fourth-order valence-electron chi connectivity index (χ4n) is 2.53. The van der Waals surface area contributed by atoms with Crippen molar-refractivity contribution < 1.29 is 0 Å². The third-order valence-electron chi connectivity index (χ3n) is 3.58. The maximum Gasteiger partial charge on any atom is 0.0547 e. The summed E-state index contributed by atoms with van der Waals surface area (Å²) in [5.41, 5.74) is 5.04. The highest BCUT2D eigenvalue weighted by Gasteiger charge is 2.06. The van der Waals surface area contributed by atoms with Gasteiger partial charge in [0, 0.05) is 18.8 Å². The van der Waals surface area contributed by atoms with Gasteiger partial charge in [0.25, 0.3) is 0 Å². The molecule has 2 aromatic rings. The van der Waals surface area contributed by atoms with Crippen molar-refractivity contribution in [3.63, 3.8) is 0 Å². The minimum Gasteiger partial charge on any atom is -0.319 e. The van der Waals surface area contributed by atoms with Gasteiger partial charge in [-0.15, -0.1) is 0 Å². The normalized spacial score (nSPS) is 11.0. The van der Waals surface area contributed by atoms with E-state index in [4.69, 9.17) is 0 Å². The Hall–Kier alpha value is -1.71. The molecular formula is C18H25N3. The van der Waals surface area contributed by atoms with Gasteiger partial charge in [0.15, 0.2) is 0 Å². The summed E-state index contributed by atoms with van der Waals surface area (Å²) in [6.45, 7) is 4.88. The van der Waals surface area contributed by atoms with Crippen LogP contribution < -0.4 is 5.32 Å². The Kier molecular flexibility index (Phi) is 5.90. The van der Waals surface area contributed by atoms with E-state index in [0.717, 1.165) is 37.4 Å². The van der Waals surface area contributed by atoms with E-state index in [1.807, 2.05) is 20.0 Å². The van der Waals surface area contributed by atoms with Crippen LogP contribution >= 0.6 is 0 Å². The third-order valence-corrected chi connectivity index (χ3v) is 3.58. The Labute approximate surface area is 128 Å². The molecule has 0 fully saturated rings. The Balaban J connectivity index is 2.00. The predicted octanol–water partition coefficient (Wildman–Crippen LogP) is 2.78. The summed E-state index contributed by atoms with van der Waals surface area (Å²) in [5, 5.41) is 3.22. The van der Waals surface area contributed by atoms with E-state index in [1.165, 1.54) is 11.1 Å². The number of likely N-dealkylation sites (N-methyl/N-ethyl adjacent to an activating group) is 1. The topological polar surface area (TPSA) is 28.2 Å². The number of nitrogens with zero attached hydrogens (tertiary/aromatic N) is 2. The molecule has 1 N–H and O–H groups in total. The average molecular weight is 283 g/mol. The monoisotopic (exact) mass is 283 g/mol. The molecule has 0 aliphatic rings. The molecule has 0 spiro atoms. The zero-order valence-corrected chi connectivity index (χ0v) is 13.3. The Bertz CT molecular complexity index is 566. The van der Waals surface area contributed by atoms with Crippen LogP contribution in [-0.2, 0) is 19.5 Å². The number of hydrogen-bond donors (Lipinski definition) is 1. The molecule has 0 aliphatic carbocycles. The van der Waals surface area contributed by atoms with Crippen LogP contribution in [0.3, 0.4) is 0 Å². The number of nitrogens with one attached hydrogen (secondary N) is 1. The molecule has 1 aromatic heterocycles. The molecule has 3 nitrogen and oxygen atoms in total. The molecular weight excluding hydrogens is 258 g/mol. The van der Waals surface area contributed by atoms with Crippen molar-refractivity contribution in [2.45, 2.75) is 26.4 Å². The van der Waals surface area contributed by atoms with E-state index in [9.17, 15) is 0 Å². The van der Waals surface area contributed by atoms with Gasteiger partial charge >= 0.3 is 0 Å². The summed E-state index contributed by atoms with van der Waals surface area (Å²) in [5.74, 6) is 0. The lowest BCUT2D eigenvalue weighted by molar-refractivity contribution is 0.314. The molecule has 0 atom stereocenters. The summed E-state index contributed by atoms with van der Waals surface area (Å²) in [7, 11) is 4.15. The molecule has 2 rings (SSSR count). The van der Waals surface area contributed by atoms with E-state index >= 15 is 0 Å². The van der Waals surface area contributed by atoms with Crippen LogP contribution in [0.4, 0.5) is 0 Å². The lowest BCUT2D eigenvalue weighted by Gasteiger charge is -2.19. The molecule has 3 heteroatoms. The fourth-order valence-corrected chi connectivity index (χ4v) is 2.53. The molecule has 112 valence electrons. The van der Waals surface area contributed by atoms with E-state index in [-0.39, 0.29) is 0 Å². The molecule has 21 heavy (non-hydrogen) atoms. The highest BCUT2D eigenvalue weighted by Crippen LogP contribution is 2.13.